The fourth-order valence-electron chi connectivity index (χ4n) is 8.53. The van der Waals surface area contributed by atoms with Gasteiger partial charge in [0.2, 0.25) is 17.8 Å². The molecule has 1 aliphatic carbocycles. The molecule has 2 saturated heterocycles. The number of carbonyl (C=O) groups is 4. The molecule has 5 heterocycles. The molecule has 3 fully saturated rings. The molecule has 0 aromatic heterocycles. The van der Waals surface area contributed by atoms with Crippen LogP contribution < -0.4 is 16.0 Å². The SMILES string of the molecule is CC1C=C(NC2=NC3(C)C(=CN2)C=C(C(=O)N(C)C)N3C2CCCC2)N=CC1C(=O)N1CC2CCC(C1)N2C(=O)[C@H](NC(=O)OC(C)(C)C)C(C)C. The number of likely N-dealkylation sites (N-methyl/N-ethyl adjacent to an activating group) is 1. The Morgan fingerprint density at radius 3 is 2.27 bits per heavy atom. The van der Waals surface area contributed by atoms with Gasteiger partial charge in [0.05, 0.1) is 5.92 Å². The Labute approximate surface area is 307 Å². The summed E-state index contributed by atoms with van der Waals surface area (Å²) in [7, 11) is 3.55. The number of carbonyl (C=O) groups excluding carboxylic acids is 4. The molecule has 4 amide bonds. The number of amides is 4. The fourth-order valence-corrected chi connectivity index (χ4v) is 8.53. The first-order valence-electron chi connectivity index (χ1n) is 18.9. The molecular weight excluding hydrogens is 662 g/mol. The van der Waals surface area contributed by atoms with Gasteiger partial charge in [0.15, 0.2) is 5.66 Å². The van der Waals surface area contributed by atoms with Crippen LogP contribution in [0.1, 0.15) is 87.0 Å². The maximum Gasteiger partial charge on any atom is 0.408 e. The van der Waals surface area contributed by atoms with Gasteiger partial charge in [0.25, 0.3) is 5.91 Å². The number of ether oxygens (including phenoxy) is 1. The van der Waals surface area contributed by atoms with Crippen LogP contribution in [0.2, 0.25) is 0 Å². The normalized spacial score (nSPS) is 29.1. The second-order valence-electron chi connectivity index (χ2n) is 16.8. The van der Waals surface area contributed by atoms with E-state index >= 15 is 0 Å². The number of allylic oxidation sites excluding steroid dienone is 1. The molecule has 0 aromatic rings. The summed E-state index contributed by atoms with van der Waals surface area (Å²) in [4.78, 5) is 71.0. The Bertz CT molecular complexity index is 1600. The minimum atomic E-state index is -0.740. The molecule has 5 aliphatic heterocycles. The molecule has 6 atom stereocenters. The van der Waals surface area contributed by atoms with E-state index in [2.05, 4.69) is 32.8 Å². The Kier molecular flexibility index (Phi) is 10.2. The van der Waals surface area contributed by atoms with Gasteiger partial charge in [-0.25, -0.2) is 14.8 Å². The molecule has 0 aromatic carbocycles. The maximum absolute atomic E-state index is 14.0. The van der Waals surface area contributed by atoms with Gasteiger partial charge in [-0.15, -0.1) is 0 Å². The molecule has 5 unspecified atom stereocenters. The number of hydrogen-bond donors (Lipinski definition) is 3. The van der Waals surface area contributed by atoms with Crippen molar-refractivity contribution in [2.45, 2.75) is 122 Å². The number of aliphatic imine (C=N–C) groups is 2. The van der Waals surface area contributed by atoms with E-state index in [0.717, 1.165) is 44.1 Å². The van der Waals surface area contributed by atoms with E-state index < -0.39 is 29.3 Å². The second kappa shape index (κ2) is 14.2. The highest BCUT2D eigenvalue weighted by atomic mass is 16.6. The van der Waals surface area contributed by atoms with Crippen LogP contribution in [0.4, 0.5) is 4.79 Å². The van der Waals surface area contributed by atoms with Crippen molar-refractivity contribution in [3.8, 4) is 0 Å². The highest BCUT2D eigenvalue weighted by molar-refractivity contribution is 5.97. The van der Waals surface area contributed by atoms with E-state index in [0.29, 0.717) is 30.6 Å². The van der Waals surface area contributed by atoms with Crippen LogP contribution in [0.15, 0.2) is 45.4 Å². The van der Waals surface area contributed by atoms with Crippen molar-refractivity contribution < 1.29 is 23.9 Å². The first-order valence-corrected chi connectivity index (χ1v) is 18.9. The number of likely N-dealkylation sites (tertiary alicyclic amines) is 1. The first-order chi connectivity index (χ1) is 24.5. The fraction of sp³-hybridized carbons (Fsp3) is 0.684. The number of nitrogens with one attached hydrogen (secondary N) is 3. The molecule has 6 rings (SSSR count). The van der Waals surface area contributed by atoms with E-state index in [-0.39, 0.29) is 47.7 Å². The molecule has 284 valence electrons. The third kappa shape index (κ3) is 7.30. The standard InChI is InChI=1S/C38H57N9O5/c1-22(2)31(42-36(51)52-37(4,5)6)34(50)46-26-14-15-27(46)21-45(20-26)32(48)28-19-39-30(16-23(28)3)41-35-40-18-24-17-29(33(49)44(8)9)47(38(24,7)43-35)25-12-10-11-13-25/h16-19,22-23,25-28,31H,10-15,20-21H2,1-9H3,(H,42,51)(H2,40,41,43)/t23?,26?,27?,28?,31-,38?/m1/s1. The van der Waals surface area contributed by atoms with Gasteiger partial charge in [-0.05, 0) is 77.4 Å². The van der Waals surface area contributed by atoms with E-state index in [1.807, 2.05) is 48.9 Å². The van der Waals surface area contributed by atoms with E-state index in [1.165, 1.54) is 0 Å². The van der Waals surface area contributed by atoms with Gasteiger partial charge < -0.3 is 40.3 Å². The summed E-state index contributed by atoms with van der Waals surface area (Å²) in [5, 5.41) is 9.39. The quantitative estimate of drug-likeness (QED) is 0.363. The lowest BCUT2D eigenvalue weighted by Gasteiger charge is -2.44. The van der Waals surface area contributed by atoms with Crippen LogP contribution in [0, 0.1) is 17.8 Å². The van der Waals surface area contributed by atoms with Crippen LogP contribution in [0.3, 0.4) is 0 Å². The van der Waals surface area contributed by atoms with Gasteiger partial charge in [-0.3, -0.25) is 14.4 Å². The zero-order valence-electron chi connectivity index (χ0n) is 32.2. The number of alkyl carbamates (subject to hydrolysis) is 1. The van der Waals surface area contributed by atoms with E-state index in [1.54, 1.807) is 46.0 Å². The number of hydrogen-bond acceptors (Lipinski definition) is 10. The van der Waals surface area contributed by atoms with Gasteiger partial charge >= 0.3 is 6.09 Å². The number of guanidine groups is 1. The third-order valence-electron chi connectivity index (χ3n) is 11.1. The van der Waals surface area contributed by atoms with Crippen LogP contribution in [-0.2, 0) is 19.1 Å². The van der Waals surface area contributed by atoms with Crippen LogP contribution in [0.5, 0.6) is 0 Å². The summed E-state index contributed by atoms with van der Waals surface area (Å²) in [6.07, 6.45) is 12.9. The van der Waals surface area contributed by atoms with Crippen molar-refractivity contribution in [2.24, 2.45) is 27.7 Å². The molecule has 3 N–H and O–H groups in total. The zero-order valence-corrected chi connectivity index (χ0v) is 32.2. The molecule has 52 heavy (non-hydrogen) atoms. The number of nitrogens with zero attached hydrogens (tertiary/aromatic N) is 6. The van der Waals surface area contributed by atoms with Gasteiger partial charge in [-0.1, -0.05) is 33.6 Å². The first kappa shape index (κ1) is 37.4. The summed E-state index contributed by atoms with van der Waals surface area (Å²) >= 11 is 0. The van der Waals surface area contributed by atoms with Crippen molar-refractivity contribution in [2.75, 3.05) is 27.2 Å². The Balaban J connectivity index is 1.09. The van der Waals surface area contributed by atoms with Crippen LogP contribution >= 0.6 is 0 Å². The van der Waals surface area contributed by atoms with Crippen molar-refractivity contribution in [1.29, 1.82) is 0 Å². The Morgan fingerprint density at radius 2 is 1.69 bits per heavy atom. The molecule has 14 heteroatoms. The predicted octanol–water partition coefficient (Wildman–Crippen LogP) is 3.29. The van der Waals surface area contributed by atoms with Crippen LogP contribution in [0.25, 0.3) is 0 Å². The number of fused-ring (bicyclic) bond motifs is 3. The minimum absolute atomic E-state index is 0.00150. The smallest absolute Gasteiger partial charge is 0.408 e. The summed E-state index contributed by atoms with van der Waals surface area (Å²) in [6, 6.07) is -0.711. The lowest BCUT2D eigenvalue weighted by atomic mass is 9.91. The minimum Gasteiger partial charge on any atom is -0.444 e. The highest BCUT2D eigenvalue weighted by Gasteiger charge is 2.50. The average Bonchev–Trinajstić information content (AvgIpc) is 3.75. The van der Waals surface area contributed by atoms with E-state index in [4.69, 9.17) is 9.73 Å². The van der Waals surface area contributed by atoms with Crippen molar-refractivity contribution in [1.82, 2.24) is 35.6 Å². The van der Waals surface area contributed by atoms with Crippen molar-refractivity contribution in [3.05, 3.63) is 35.4 Å². The number of rotatable bonds is 7. The Morgan fingerprint density at radius 1 is 1.04 bits per heavy atom. The van der Waals surface area contributed by atoms with Crippen LogP contribution in [-0.4, -0.2) is 118 Å². The lowest BCUT2D eigenvalue weighted by Crippen LogP contribution is -2.62. The molecule has 14 nitrogen and oxygen atoms in total. The molecule has 2 bridgehead atoms. The largest absolute Gasteiger partial charge is 0.444 e. The third-order valence-corrected chi connectivity index (χ3v) is 11.1. The molecular formula is C38H57N9O5. The van der Waals surface area contributed by atoms with Gasteiger partial charge in [0, 0.05) is 63.3 Å². The summed E-state index contributed by atoms with van der Waals surface area (Å²) in [5.41, 5.74) is 0.189. The van der Waals surface area contributed by atoms with Gasteiger partial charge in [0.1, 0.15) is 23.2 Å². The summed E-state index contributed by atoms with van der Waals surface area (Å²) in [6.45, 7) is 14.2. The molecule has 6 aliphatic rings. The topological polar surface area (TPSA) is 151 Å². The van der Waals surface area contributed by atoms with E-state index in [9.17, 15) is 19.2 Å². The molecule has 0 radical (unpaired) electrons. The molecule has 1 saturated carbocycles. The lowest BCUT2D eigenvalue weighted by molar-refractivity contribution is -0.147. The second-order valence-corrected chi connectivity index (χ2v) is 16.8. The Hall–Kier alpha value is -4.36. The predicted molar refractivity (Wildman–Crippen MR) is 199 cm³/mol. The summed E-state index contributed by atoms with van der Waals surface area (Å²) < 4.78 is 5.44. The zero-order chi connectivity index (χ0) is 37.7. The summed E-state index contributed by atoms with van der Waals surface area (Å²) in [5.74, 6) is 0.263. The van der Waals surface area contributed by atoms with Crippen molar-refractivity contribution in [3.63, 3.8) is 0 Å². The monoisotopic (exact) mass is 719 g/mol. The molecule has 0 spiro atoms. The maximum atomic E-state index is 14.0. The number of piperazine rings is 1. The van der Waals surface area contributed by atoms with Crippen molar-refractivity contribution >= 4 is 36.0 Å². The average molecular weight is 720 g/mol. The highest BCUT2D eigenvalue weighted by Crippen LogP contribution is 2.44. The van der Waals surface area contributed by atoms with Gasteiger partial charge in [-0.2, -0.15) is 0 Å².